The van der Waals surface area contributed by atoms with E-state index >= 15 is 0 Å². The van der Waals surface area contributed by atoms with E-state index in [2.05, 4.69) is 0 Å². The molecule has 0 aliphatic heterocycles. The third kappa shape index (κ3) is 1.87. The average Bonchev–Trinajstić information content (AvgIpc) is 2.71. The maximum Gasteiger partial charge on any atom is 0.488 e. The zero-order chi connectivity index (χ0) is 9.97. The maximum atomic E-state index is 9.00. The van der Waals surface area contributed by atoms with Crippen LogP contribution in [0.3, 0.4) is 0 Å². The van der Waals surface area contributed by atoms with E-state index in [1.165, 1.54) is 0 Å². The molecule has 70 valence electrons. The van der Waals surface area contributed by atoms with Gasteiger partial charge in [-0.25, -0.2) is 0 Å². The summed E-state index contributed by atoms with van der Waals surface area (Å²) >= 11 is 1.62. The molecule has 0 atom stereocenters. The van der Waals surface area contributed by atoms with Crippen LogP contribution in [-0.4, -0.2) is 17.2 Å². The van der Waals surface area contributed by atoms with Crippen molar-refractivity contribution in [2.45, 2.75) is 0 Å². The van der Waals surface area contributed by atoms with Crippen LogP contribution in [0, 0.1) is 0 Å². The second kappa shape index (κ2) is 3.96. The molecule has 0 fully saturated rings. The highest BCUT2D eigenvalue weighted by atomic mass is 32.1. The second-order valence-electron chi connectivity index (χ2n) is 3.01. The highest BCUT2D eigenvalue weighted by Crippen LogP contribution is 2.20. The molecule has 2 aromatic rings. The van der Waals surface area contributed by atoms with E-state index in [-0.39, 0.29) is 0 Å². The Hall–Kier alpha value is -1.10. The summed E-state index contributed by atoms with van der Waals surface area (Å²) < 4.78 is 0. The van der Waals surface area contributed by atoms with Crippen LogP contribution >= 0.6 is 11.3 Å². The zero-order valence-electron chi connectivity index (χ0n) is 7.42. The maximum absolute atomic E-state index is 9.00. The predicted molar refractivity (Wildman–Crippen MR) is 59.6 cm³/mol. The van der Waals surface area contributed by atoms with E-state index in [1.807, 2.05) is 29.0 Å². The van der Waals surface area contributed by atoms with Crippen LogP contribution in [0.1, 0.15) is 0 Å². The van der Waals surface area contributed by atoms with Gasteiger partial charge in [0.2, 0.25) is 0 Å². The Kier molecular flexibility index (Phi) is 2.68. The van der Waals surface area contributed by atoms with Crippen molar-refractivity contribution >= 4 is 23.9 Å². The van der Waals surface area contributed by atoms with Gasteiger partial charge in [-0.15, -0.1) is 0 Å². The first-order valence-corrected chi connectivity index (χ1v) is 5.20. The fourth-order valence-corrected chi connectivity index (χ4v) is 1.97. The van der Waals surface area contributed by atoms with Crippen LogP contribution in [0.4, 0.5) is 0 Å². The molecule has 2 rings (SSSR count). The van der Waals surface area contributed by atoms with Crippen molar-refractivity contribution in [3.63, 3.8) is 0 Å². The molecule has 0 radical (unpaired) electrons. The van der Waals surface area contributed by atoms with Crippen molar-refractivity contribution in [3.05, 3.63) is 41.1 Å². The van der Waals surface area contributed by atoms with Crippen molar-refractivity contribution in [2.24, 2.45) is 0 Å². The molecule has 0 unspecified atom stereocenters. The molecule has 1 aromatic heterocycles. The molecule has 2 N–H and O–H groups in total. The third-order valence-corrected chi connectivity index (χ3v) is 2.72. The minimum absolute atomic E-state index is 0.522. The standard InChI is InChI=1S/C10H9BO2S/c12-11(13)10-3-1-2-8(6-10)9-4-5-14-7-9/h1-7,12-13H. The molecule has 14 heavy (non-hydrogen) atoms. The van der Waals surface area contributed by atoms with Crippen LogP contribution < -0.4 is 5.46 Å². The molecule has 0 aliphatic rings. The van der Waals surface area contributed by atoms with Crippen molar-refractivity contribution < 1.29 is 10.0 Å². The fraction of sp³-hybridized carbons (Fsp3) is 0. The molecular formula is C10H9BO2S. The van der Waals surface area contributed by atoms with Crippen LogP contribution in [0.25, 0.3) is 11.1 Å². The molecule has 2 nitrogen and oxygen atoms in total. The minimum atomic E-state index is -1.39. The highest BCUT2D eigenvalue weighted by molar-refractivity contribution is 7.08. The summed E-state index contributed by atoms with van der Waals surface area (Å²) in [5, 5.41) is 22.0. The fourth-order valence-electron chi connectivity index (χ4n) is 1.31. The molecule has 1 aromatic carbocycles. The molecule has 0 saturated carbocycles. The first-order valence-electron chi connectivity index (χ1n) is 4.26. The summed E-state index contributed by atoms with van der Waals surface area (Å²) in [6, 6.07) is 9.26. The summed E-state index contributed by atoms with van der Waals surface area (Å²) in [4.78, 5) is 0. The first-order chi connectivity index (χ1) is 6.77. The Morgan fingerprint density at radius 3 is 2.57 bits per heavy atom. The van der Waals surface area contributed by atoms with Crippen molar-refractivity contribution in [1.82, 2.24) is 0 Å². The van der Waals surface area contributed by atoms with Gasteiger partial charge in [0.1, 0.15) is 0 Å². The predicted octanol–water partition coefficient (Wildman–Crippen LogP) is 1.09. The minimum Gasteiger partial charge on any atom is -0.423 e. The number of rotatable bonds is 2. The number of hydrogen-bond acceptors (Lipinski definition) is 3. The van der Waals surface area contributed by atoms with Gasteiger partial charge in [0, 0.05) is 0 Å². The van der Waals surface area contributed by atoms with Gasteiger partial charge in [0.25, 0.3) is 0 Å². The largest absolute Gasteiger partial charge is 0.488 e. The molecule has 0 bridgehead atoms. The Morgan fingerprint density at radius 2 is 1.93 bits per heavy atom. The van der Waals surface area contributed by atoms with E-state index in [0.29, 0.717) is 5.46 Å². The zero-order valence-corrected chi connectivity index (χ0v) is 8.24. The lowest BCUT2D eigenvalue weighted by Gasteiger charge is -2.02. The third-order valence-electron chi connectivity index (χ3n) is 2.04. The van der Waals surface area contributed by atoms with E-state index < -0.39 is 7.12 Å². The smallest absolute Gasteiger partial charge is 0.423 e. The topological polar surface area (TPSA) is 40.5 Å². The van der Waals surface area contributed by atoms with Crippen molar-refractivity contribution in [3.8, 4) is 11.1 Å². The summed E-state index contributed by atoms with van der Waals surface area (Å²) in [5.74, 6) is 0. The lowest BCUT2D eigenvalue weighted by atomic mass is 9.79. The van der Waals surface area contributed by atoms with Gasteiger partial charge >= 0.3 is 7.12 Å². The summed E-state index contributed by atoms with van der Waals surface area (Å²) in [5.41, 5.74) is 2.64. The summed E-state index contributed by atoms with van der Waals surface area (Å²) in [7, 11) is -1.39. The highest BCUT2D eigenvalue weighted by Gasteiger charge is 2.10. The van der Waals surface area contributed by atoms with Crippen molar-refractivity contribution in [1.29, 1.82) is 0 Å². The number of benzene rings is 1. The molecule has 0 spiro atoms. The van der Waals surface area contributed by atoms with Crippen LogP contribution in [0.15, 0.2) is 41.1 Å². The Labute approximate surface area is 86.6 Å². The SMILES string of the molecule is OB(O)c1cccc(-c2ccsc2)c1. The lowest BCUT2D eigenvalue weighted by Crippen LogP contribution is -2.29. The number of thiophene rings is 1. The van der Waals surface area contributed by atoms with E-state index in [1.54, 1.807) is 23.5 Å². The van der Waals surface area contributed by atoms with Gasteiger partial charge in [-0.05, 0) is 33.4 Å². The molecule has 4 heteroatoms. The normalized spacial score (nSPS) is 10.1. The van der Waals surface area contributed by atoms with E-state index in [4.69, 9.17) is 10.0 Å². The van der Waals surface area contributed by atoms with Crippen LogP contribution in [0.5, 0.6) is 0 Å². The molecule has 0 amide bonds. The Morgan fingerprint density at radius 1 is 1.07 bits per heavy atom. The first kappa shape index (κ1) is 9.46. The number of hydrogen-bond donors (Lipinski definition) is 2. The van der Waals surface area contributed by atoms with Gasteiger partial charge in [0.05, 0.1) is 0 Å². The quantitative estimate of drug-likeness (QED) is 0.719. The van der Waals surface area contributed by atoms with E-state index in [9.17, 15) is 0 Å². The van der Waals surface area contributed by atoms with Gasteiger partial charge < -0.3 is 10.0 Å². The van der Waals surface area contributed by atoms with E-state index in [0.717, 1.165) is 11.1 Å². The summed E-state index contributed by atoms with van der Waals surface area (Å²) in [6.45, 7) is 0. The molecule has 1 heterocycles. The average molecular weight is 204 g/mol. The van der Waals surface area contributed by atoms with Gasteiger partial charge in [-0.1, -0.05) is 24.3 Å². The van der Waals surface area contributed by atoms with Gasteiger partial charge in [-0.2, -0.15) is 11.3 Å². The summed E-state index contributed by atoms with van der Waals surface area (Å²) in [6.07, 6.45) is 0. The van der Waals surface area contributed by atoms with Gasteiger partial charge in [0.15, 0.2) is 0 Å². The van der Waals surface area contributed by atoms with Gasteiger partial charge in [-0.3, -0.25) is 0 Å². The molecule has 0 saturated heterocycles. The monoisotopic (exact) mass is 204 g/mol. The van der Waals surface area contributed by atoms with Crippen LogP contribution in [-0.2, 0) is 0 Å². The van der Waals surface area contributed by atoms with Crippen LogP contribution in [0.2, 0.25) is 0 Å². The Balaban J connectivity index is 2.41. The molecular weight excluding hydrogens is 195 g/mol. The molecule has 0 aliphatic carbocycles. The Bertz CT molecular complexity index is 412. The lowest BCUT2D eigenvalue weighted by molar-refractivity contribution is 0.426. The van der Waals surface area contributed by atoms with Crippen molar-refractivity contribution in [2.75, 3.05) is 0 Å². The second-order valence-corrected chi connectivity index (χ2v) is 3.79.